The number of ether oxygens (including phenoxy) is 1. The minimum Gasteiger partial charge on any atom is -0.465 e. The summed E-state index contributed by atoms with van der Waals surface area (Å²) in [5, 5.41) is 3.95. The average Bonchev–Trinajstić information content (AvgIpc) is 3.17. The van der Waals surface area contributed by atoms with Gasteiger partial charge >= 0.3 is 5.97 Å². The molecule has 6 heteroatoms. The topological polar surface area (TPSA) is 72.6 Å². The van der Waals surface area contributed by atoms with Gasteiger partial charge in [0.05, 0.1) is 18.4 Å². The number of amides is 1. The Morgan fingerprint density at radius 1 is 1.36 bits per heavy atom. The van der Waals surface area contributed by atoms with Crippen LogP contribution in [0.15, 0.2) is 22.7 Å². The highest BCUT2D eigenvalue weighted by Crippen LogP contribution is 2.31. The van der Waals surface area contributed by atoms with Gasteiger partial charge in [0.1, 0.15) is 5.76 Å². The number of benzene rings is 1. The minimum atomic E-state index is -0.362. The maximum atomic E-state index is 12.9. The molecule has 132 valence electrons. The first-order valence-corrected chi connectivity index (χ1v) is 8.36. The maximum absolute atomic E-state index is 12.9. The Morgan fingerprint density at radius 2 is 2.12 bits per heavy atom. The molecule has 6 nitrogen and oxygen atoms in total. The van der Waals surface area contributed by atoms with Gasteiger partial charge in [-0.1, -0.05) is 12.1 Å². The van der Waals surface area contributed by atoms with Gasteiger partial charge in [-0.2, -0.15) is 0 Å². The van der Waals surface area contributed by atoms with E-state index in [0.717, 1.165) is 34.7 Å². The number of esters is 1. The van der Waals surface area contributed by atoms with Crippen molar-refractivity contribution < 1.29 is 18.8 Å². The third-order valence-corrected chi connectivity index (χ3v) is 4.78. The molecule has 0 unspecified atom stereocenters. The fourth-order valence-corrected chi connectivity index (χ4v) is 3.33. The molecule has 1 aromatic heterocycles. The largest absolute Gasteiger partial charge is 0.465 e. The molecule has 1 amide bonds. The summed E-state index contributed by atoms with van der Waals surface area (Å²) >= 11 is 0. The summed E-state index contributed by atoms with van der Waals surface area (Å²) in [4.78, 5) is 26.4. The molecule has 0 aliphatic carbocycles. The zero-order valence-electron chi connectivity index (χ0n) is 15.0. The molecule has 0 saturated heterocycles. The van der Waals surface area contributed by atoms with E-state index >= 15 is 0 Å². The second kappa shape index (κ2) is 6.70. The van der Waals surface area contributed by atoms with Crippen LogP contribution in [0.2, 0.25) is 0 Å². The van der Waals surface area contributed by atoms with E-state index in [2.05, 4.69) is 5.16 Å². The molecule has 0 bridgehead atoms. The van der Waals surface area contributed by atoms with Crippen LogP contribution >= 0.6 is 0 Å². The standard InChI is InChI=1S/C19H22N2O4/c1-11(9-16-12(2)20-25-13(16)3)18(22)21-8-7-14-10-15(19(23)24-4)5-6-17(14)21/h5-6,10-11H,7-9H2,1-4H3/t11-/m0/s1. The number of anilines is 1. The Hall–Kier alpha value is -2.63. The third-order valence-electron chi connectivity index (χ3n) is 4.78. The average molecular weight is 342 g/mol. The summed E-state index contributed by atoms with van der Waals surface area (Å²) in [6.07, 6.45) is 1.34. The van der Waals surface area contributed by atoms with Gasteiger partial charge < -0.3 is 14.2 Å². The van der Waals surface area contributed by atoms with E-state index in [9.17, 15) is 9.59 Å². The van der Waals surface area contributed by atoms with Gasteiger partial charge in [-0.05, 0) is 50.5 Å². The fourth-order valence-electron chi connectivity index (χ4n) is 3.33. The Morgan fingerprint density at radius 3 is 2.76 bits per heavy atom. The lowest BCUT2D eigenvalue weighted by molar-refractivity contribution is -0.121. The van der Waals surface area contributed by atoms with E-state index in [0.29, 0.717) is 18.5 Å². The molecular formula is C19H22N2O4. The number of hydrogen-bond donors (Lipinski definition) is 0. The number of rotatable bonds is 4. The number of aromatic nitrogens is 1. The van der Waals surface area contributed by atoms with Gasteiger partial charge in [0.25, 0.3) is 0 Å². The Bertz CT molecular complexity index is 805. The predicted octanol–water partition coefficient (Wildman–Crippen LogP) is 2.85. The summed E-state index contributed by atoms with van der Waals surface area (Å²) < 4.78 is 9.94. The first kappa shape index (κ1) is 17.2. The Labute approximate surface area is 146 Å². The zero-order chi connectivity index (χ0) is 18.1. The van der Waals surface area contributed by atoms with Crippen LogP contribution in [0.4, 0.5) is 5.69 Å². The van der Waals surface area contributed by atoms with Crippen LogP contribution in [-0.2, 0) is 22.4 Å². The molecule has 25 heavy (non-hydrogen) atoms. The smallest absolute Gasteiger partial charge is 0.337 e. The molecule has 0 fully saturated rings. The van der Waals surface area contributed by atoms with Crippen molar-refractivity contribution >= 4 is 17.6 Å². The lowest BCUT2D eigenvalue weighted by Gasteiger charge is -2.22. The van der Waals surface area contributed by atoms with Crippen LogP contribution in [0.25, 0.3) is 0 Å². The molecule has 1 aliphatic heterocycles. The number of fused-ring (bicyclic) bond motifs is 1. The van der Waals surface area contributed by atoms with Gasteiger partial charge in [0.15, 0.2) is 0 Å². The van der Waals surface area contributed by atoms with Crippen molar-refractivity contribution in [1.82, 2.24) is 5.16 Å². The minimum absolute atomic E-state index is 0.0737. The second-order valence-corrected chi connectivity index (χ2v) is 6.48. The molecule has 1 atom stereocenters. The predicted molar refractivity (Wildman–Crippen MR) is 92.7 cm³/mol. The van der Waals surface area contributed by atoms with Crippen molar-refractivity contribution in [3.8, 4) is 0 Å². The number of aryl methyl sites for hydroxylation is 2. The van der Waals surface area contributed by atoms with Crippen LogP contribution < -0.4 is 4.90 Å². The Kier molecular flexibility index (Phi) is 4.61. The van der Waals surface area contributed by atoms with E-state index in [1.807, 2.05) is 32.9 Å². The molecule has 1 aliphatic rings. The van der Waals surface area contributed by atoms with Crippen LogP contribution in [0.5, 0.6) is 0 Å². The van der Waals surface area contributed by atoms with Crippen molar-refractivity contribution in [3.05, 3.63) is 46.3 Å². The van der Waals surface area contributed by atoms with Crippen LogP contribution in [0.1, 0.15) is 39.9 Å². The van der Waals surface area contributed by atoms with Gasteiger partial charge in [-0.25, -0.2) is 4.79 Å². The lowest BCUT2D eigenvalue weighted by Crippen LogP contribution is -2.34. The number of hydrogen-bond acceptors (Lipinski definition) is 5. The van der Waals surface area contributed by atoms with Crippen LogP contribution in [0, 0.1) is 19.8 Å². The highest BCUT2D eigenvalue weighted by atomic mass is 16.5. The van der Waals surface area contributed by atoms with E-state index in [-0.39, 0.29) is 17.8 Å². The van der Waals surface area contributed by atoms with Gasteiger partial charge in [-0.3, -0.25) is 4.79 Å². The van der Waals surface area contributed by atoms with E-state index < -0.39 is 0 Å². The molecule has 1 aromatic carbocycles. The molecule has 3 rings (SSSR count). The molecule has 0 N–H and O–H groups in total. The summed E-state index contributed by atoms with van der Waals surface area (Å²) in [7, 11) is 1.36. The first-order chi connectivity index (χ1) is 11.9. The zero-order valence-corrected chi connectivity index (χ0v) is 15.0. The van der Waals surface area contributed by atoms with E-state index in [1.165, 1.54) is 7.11 Å². The SMILES string of the molecule is COC(=O)c1ccc2c(c1)CCN2C(=O)[C@@H](C)Cc1c(C)noc1C. The number of carbonyl (C=O) groups excluding carboxylic acids is 2. The Balaban J connectivity index is 1.78. The molecule has 0 saturated carbocycles. The van der Waals surface area contributed by atoms with Crippen molar-refractivity contribution in [2.45, 2.75) is 33.6 Å². The van der Waals surface area contributed by atoms with Gasteiger partial charge in [0.2, 0.25) is 5.91 Å². The summed E-state index contributed by atoms with van der Waals surface area (Å²) in [5.74, 6) is 0.300. The summed E-state index contributed by atoms with van der Waals surface area (Å²) in [6, 6.07) is 5.34. The highest BCUT2D eigenvalue weighted by molar-refractivity contribution is 5.98. The van der Waals surface area contributed by atoms with Crippen LogP contribution in [-0.4, -0.2) is 30.7 Å². The molecule has 0 spiro atoms. The van der Waals surface area contributed by atoms with Gasteiger partial charge in [0, 0.05) is 23.7 Å². The molecule has 0 radical (unpaired) electrons. The fraction of sp³-hybridized carbons (Fsp3) is 0.421. The molecule has 2 aromatic rings. The first-order valence-electron chi connectivity index (χ1n) is 8.36. The normalized spacial score (nSPS) is 14.3. The number of methoxy groups -OCH3 is 1. The third kappa shape index (κ3) is 3.16. The maximum Gasteiger partial charge on any atom is 0.337 e. The quantitative estimate of drug-likeness (QED) is 0.799. The second-order valence-electron chi connectivity index (χ2n) is 6.48. The number of nitrogens with zero attached hydrogens (tertiary/aromatic N) is 2. The van der Waals surface area contributed by atoms with Crippen molar-refractivity contribution in [1.29, 1.82) is 0 Å². The lowest BCUT2D eigenvalue weighted by atomic mass is 9.98. The van der Waals surface area contributed by atoms with Crippen LogP contribution in [0.3, 0.4) is 0 Å². The van der Waals surface area contributed by atoms with Crippen molar-refractivity contribution in [2.24, 2.45) is 5.92 Å². The van der Waals surface area contributed by atoms with Gasteiger partial charge in [-0.15, -0.1) is 0 Å². The molecule has 2 heterocycles. The van der Waals surface area contributed by atoms with E-state index in [4.69, 9.17) is 9.26 Å². The molecular weight excluding hydrogens is 320 g/mol. The highest BCUT2D eigenvalue weighted by Gasteiger charge is 2.29. The summed E-state index contributed by atoms with van der Waals surface area (Å²) in [6.45, 7) is 6.31. The summed E-state index contributed by atoms with van der Waals surface area (Å²) in [5.41, 5.74) is 4.23. The van der Waals surface area contributed by atoms with E-state index in [1.54, 1.807) is 11.0 Å². The van der Waals surface area contributed by atoms with Crippen molar-refractivity contribution in [2.75, 3.05) is 18.6 Å². The monoisotopic (exact) mass is 342 g/mol. The van der Waals surface area contributed by atoms with Crippen molar-refractivity contribution in [3.63, 3.8) is 0 Å². The number of carbonyl (C=O) groups is 2.